The van der Waals surface area contributed by atoms with Gasteiger partial charge in [-0.25, -0.2) is 4.79 Å². The van der Waals surface area contributed by atoms with E-state index in [9.17, 15) is 4.79 Å². The van der Waals surface area contributed by atoms with Crippen LogP contribution in [0, 0.1) is 5.92 Å². The third kappa shape index (κ3) is 4.18. The molecule has 1 N–H and O–H groups in total. The van der Waals surface area contributed by atoms with Gasteiger partial charge in [-0.15, -0.1) is 0 Å². The highest BCUT2D eigenvalue weighted by atomic mass is 35.5. The predicted octanol–water partition coefficient (Wildman–Crippen LogP) is 3.07. The zero-order chi connectivity index (χ0) is 17.2. The zero-order valence-electron chi connectivity index (χ0n) is 14.6. The molecule has 1 aliphatic rings. The second-order valence-electron chi connectivity index (χ2n) is 6.93. The van der Waals surface area contributed by atoms with Crippen LogP contribution < -0.4 is 5.32 Å². The topological polar surface area (TPSA) is 59.4 Å². The minimum atomic E-state index is -0.471. The molecule has 0 aromatic carbocycles. The van der Waals surface area contributed by atoms with Crippen molar-refractivity contribution in [1.29, 1.82) is 0 Å². The molecule has 0 radical (unpaired) electrons. The molecule has 23 heavy (non-hydrogen) atoms. The SMILES string of the molecule is CCn1ncc(Cl)c1C(NC)C1CCN(C(=O)OC(C)(C)C)C1. The van der Waals surface area contributed by atoms with Gasteiger partial charge in [0.25, 0.3) is 0 Å². The van der Waals surface area contributed by atoms with Crippen LogP contribution in [-0.2, 0) is 11.3 Å². The number of hydrogen-bond donors (Lipinski definition) is 1. The van der Waals surface area contributed by atoms with E-state index in [2.05, 4.69) is 10.4 Å². The van der Waals surface area contributed by atoms with Gasteiger partial charge in [0.1, 0.15) is 5.60 Å². The zero-order valence-corrected chi connectivity index (χ0v) is 15.4. The van der Waals surface area contributed by atoms with Crippen molar-refractivity contribution in [3.63, 3.8) is 0 Å². The Kier molecular flexibility index (Phi) is 5.57. The lowest BCUT2D eigenvalue weighted by molar-refractivity contribution is 0.0285. The van der Waals surface area contributed by atoms with Gasteiger partial charge in [0.05, 0.1) is 23.0 Å². The molecule has 1 aliphatic heterocycles. The van der Waals surface area contributed by atoms with Gasteiger partial charge >= 0.3 is 6.09 Å². The normalized spacial score (nSPS) is 19.9. The third-order valence-electron chi connectivity index (χ3n) is 4.09. The fourth-order valence-electron chi connectivity index (χ4n) is 3.08. The van der Waals surface area contributed by atoms with Gasteiger partial charge in [-0.3, -0.25) is 4.68 Å². The number of nitrogens with zero attached hydrogens (tertiary/aromatic N) is 3. The fraction of sp³-hybridized carbons (Fsp3) is 0.750. The Morgan fingerprint density at radius 3 is 2.83 bits per heavy atom. The maximum Gasteiger partial charge on any atom is 0.410 e. The second kappa shape index (κ2) is 7.09. The lowest BCUT2D eigenvalue weighted by Gasteiger charge is -2.26. The number of hydrogen-bond acceptors (Lipinski definition) is 4. The van der Waals surface area contributed by atoms with Gasteiger partial charge in [-0.1, -0.05) is 11.6 Å². The molecule has 1 aromatic heterocycles. The first kappa shape index (κ1) is 18.1. The van der Waals surface area contributed by atoms with Gasteiger partial charge in [0, 0.05) is 19.6 Å². The Morgan fingerprint density at radius 2 is 2.26 bits per heavy atom. The molecule has 0 aliphatic carbocycles. The van der Waals surface area contributed by atoms with Crippen molar-refractivity contribution in [1.82, 2.24) is 20.0 Å². The first-order valence-electron chi connectivity index (χ1n) is 8.13. The van der Waals surface area contributed by atoms with E-state index in [4.69, 9.17) is 16.3 Å². The minimum Gasteiger partial charge on any atom is -0.444 e. The van der Waals surface area contributed by atoms with E-state index >= 15 is 0 Å². The van der Waals surface area contributed by atoms with E-state index in [1.54, 1.807) is 11.1 Å². The van der Waals surface area contributed by atoms with Crippen molar-refractivity contribution >= 4 is 17.7 Å². The highest BCUT2D eigenvalue weighted by Gasteiger charge is 2.36. The Labute approximate surface area is 143 Å². The van der Waals surface area contributed by atoms with E-state index < -0.39 is 5.60 Å². The van der Waals surface area contributed by atoms with Crippen LogP contribution in [0.4, 0.5) is 4.79 Å². The summed E-state index contributed by atoms with van der Waals surface area (Å²) in [5.74, 6) is 0.284. The molecule has 2 heterocycles. The minimum absolute atomic E-state index is 0.0670. The lowest BCUT2D eigenvalue weighted by atomic mass is 9.96. The molecule has 0 spiro atoms. The summed E-state index contributed by atoms with van der Waals surface area (Å²) in [6.07, 6.45) is 2.35. The van der Waals surface area contributed by atoms with Crippen LogP contribution in [0.2, 0.25) is 5.02 Å². The molecule has 0 saturated carbocycles. The summed E-state index contributed by atoms with van der Waals surface area (Å²) in [6, 6.07) is 0.0670. The first-order valence-corrected chi connectivity index (χ1v) is 8.51. The summed E-state index contributed by atoms with van der Waals surface area (Å²) in [7, 11) is 1.92. The van der Waals surface area contributed by atoms with Crippen molar-refractivity contribution < 1.29 is 9.53 Å². The van der Waals surface area contributed by atoms with Gasteiger partial charge in [0.2, 0.25) is 0 Å². The fourth-order valence-corrected chi connectivity index (χ4v) is 3.34. The quantitative estimate of drug-likeness (QED) is 0.913. The number of amides is 1. The van der Waals surface area contributed by atoms with Crippen LogP contribution in [0.1, 0.15) is 45.9 Å². The highest BCUT2D eigenvalue weighted by molar-refractivity contribution is 6.31. The number of halogens is 1. The van der Waals surface area contributed by atoms with Crippen LogP contribution in [0.3, 0.4) is 0 Å². The van der Waals surface area contributed by atoms with Crippen molar-refractivity contribution in [2.45, 2.75) is 52.3 Å². The summed E-state index contributed by atoms with van der Waals surface area (Å²) in [5, 5.41) is 8.33. The van der Waals surface area contributed by atoms with Crippen LogP contribution >= 0.6 is 11.6 Å². The predicted molar refractivity (Wildman–Crippen MR) is 90.6 cm³/mol. The first-order chi connectivity index (χ1) is 10.8. The summed E-state index contributed by atoms with van der Waals surface area (Å²) in [4.78, 5) is 14.0. The number of carbonyl (C=O) groups excluding carboxylic acids is 1. The maximum absolute atomic E-state index is 12.2. The number of rotatable bonds is 4. The molecule has 7 heteroatoms. The van der Waals surface area contributed by atoms with Crippen LogP contribution in [-0.4, -0.2) is 46.5 Å². The summed E-state index contributed by atoms with van der Waals surface area (Å²) < 4.78 is 7.38. The van der Waals surface area contributed by atoms with Crippen molar-refractivity contribution in [3.05, 3.63) is 16.9 Å². The monoisotopic (exact) mass is 342 g/mol. The molecule has 0 bridgehead atoms. The van der Waals surface area contributed by atoms with E-state index in [-0.39, 0.29) is 18.1 Å². The molecule has 2 rings (SSSR count). The highest BCUT2D eigenvalue weighted by Crippen LogP contribution is 2.34. The molecule has 1 amide bonds. The van der Waals surface area contributed by atoms with E-state index in [0.29, 0.717) is 18.1 Å². The molecular formula is C16H27ClN4O2. The van der Waals surface area contributed by atoms with Crippen molar-refractivity contribution in [3.8, 4) is 0 Å². The smallest absolute Gasteiger partial charge is 0.410 e. The standard InChI is InChI=1S/C16H27ClN4O2/c1-6-21-14(12(17)9-19-21)13(18-5)11-7-8-20(10-11)15(22)23-16(2,3)4/h9,11,13,18H,6-8,10H2,1-5H3. The number of ether oxygens (including phenoxy) is 1. The molecule has 1 aromatic rings. The average Bonchev–Trinajstić information content (AvgIpc) is 3.06. The van der Waals surface area contributed by atoms with E-state index in [1.807, 2.05) is 39.4 Å². The van der Waals surface area contributed by atoms with Gasteiger partial charge in [-0.05, 0) is 47.1 Å². The number of aromatic nitrogens is 2. The maximum atomic E-state index is 12.2. The number of aryl methyl sites for hydroxylation is 1. The summed E-state index contributed by atoms with van der Waals surface area (Å²) >= 11 is 6.33. The van der Waals surface area contributed by atoms with Gasteiger partial charge in [0.15, 0.2) is 0 Å². The number of likely N-dealkylation sites (tertiary alicyclic amines) is 1. The molecule has 130 valence electrons. The van der Waals surface area contributed by atoms with Crippen molar-refractivity contribution in [2.24, 2.45) is 5.92 Å². The number of carbonyl (C=O) groups is 1. The Balaban J connectivity index is 2.10. The largest absolute Gasteiger partial charge is 0.444 e. The summed E-state index contributed by atoms with van der Waals surface area (Å²) in [6.45, 7) is 9.82. The Hall–Kier alpha value is -1.27. The molecule has 6 nitrogen and oxygen atoms in total. The molecule has 1 saturated heterocycles. The Bertz CT molecular complexity index is 553. The lowest BCUT2D eigenvalue weighted by Crippen LogP contribution is -2.36. The number of nitrogens with one attached hydrogen (secondary N) is 1. The van der Waals surface area contributed by atoms with Crippen molar-refractivity contribution in [2.75, 3.05) is 20.1 Å². The van der Waals surface area contributed by atoms with Crippen LogP contribution in [0.25, 0.3) is 0 Å². The van der Waals surface area contributed by atoms with Gasteiger partial charge < -0.3 is 15.0 Å². The Morgan fingerprint density at radius 1 is 1.57 bits per heavy atom. The summed E-state index contributed by atoms with van der Waals surface area (Å²) in [5.41, 5.74) is 0.523. The van der Waals surface area contributed by atoms with Gasteiger partial charge in [-0.2, -0.15) is 5.10 Å². The molecule has 2 atom stereocenters. The van der Waals surface area contributed by atoms with E-state index in [0.717, 1.165) is 18.7 Å². The van der Waals surface area contributed by atoms with Crippen LogP contribution in [0.15, 0.2) is 6.20 Å². The second-order valence-corrected chi connectivity index (χ2v) is 7.34. The van der Waals surface area contributed by atoms with Crippen LogP contribution in [0.5, 0.6) is 0 Å². The average molecular weight is 343 g/mol. The molecule has 1 fully saturated rings. The van der Waals surface area contributed by atoms with E-state index in [1.165, 1.54) is 0 Å². The molecular weight excluding hydrogens is 316 g/mol. The molecule has 2 unspecified atom stereocenters. The third-order valence-corrected chi connectivity index (χ3v) is 4.38.